The number of amides is 1. The van der Waals surface area contributed by atoms with Crippen molar-refractivity contribution in [1.82, 2.24) is 5.48 Å². The van der Waals surface area contributed by atoms with Gasteiger partial charge >= 0.3 is 10.4 Å². The van der Waals surface area contributed by atoms with Gasteiger partial charge < -0.3 is 0 Å². The third-order valence-electron chi connectivity index (χ3n) is 3.93. The number of carbonyl (C=O) groups excluding carboxylic acids is 1. The third-order valence-corrected chi connectivity index (χ3v) is 4.22. The third kappa shape index (κ3) is 21.0. The molecule has 0 rings (SSSR count). The van der Waals surface area contributed by atoms with Gasteiger partial charge in [0.25, 0.3) is 0 Å². The van der Waals surface area contributed by atoms with Gasteiger partial charge in [0, 0.05) is 6.42 Å². The number of unbranched alkanes of at least 4 members (excludes halogenated alkanes) is 11. The fourth-order valence-corrected chi connectivity index (χ4v) is 2.70. The Morgan fingerprint density at radius 2 is 1.36 bits per heavy atom. The predicted molar refractivity (Wildman–Crippen MR) is 100 cm³/mol. The van der Waals surface area contributed by atoms with Gasteiger partial charge in [-0.1, -0.05) is 70.4 Å². The Hall–Kier alpha value is -0.920. The van der Waals surface area contributed by atoms with E-state index in [2.05, 4.69) is 23.4 Å². The zero-order valence-electron chi connectivity index (χ0n) is 15.5. The molecule has 0 aliphatic carbocycles. The summed E-state index contributed by atoms with van der Waals surface area (Å²) in [6.07, 6.45) is 20.0. The molecule has 0 aliphatic heterocycles. The summed E-state index contributed by atoms with van der Waals surface area (Å²) in [5, 5.41) is 0. The lowest BCUT2D eigenvalue weighted by molar-refractivity contribution is -0.127. The number of nitrogens with one attached hydrogen (secondary N) is 1. The maximum atomic E-state index is 11.2. The van der Waals surface area contributed by atoms with Crippen LogP contribution in [0.1, 0.15) is 96.8 Å². The lowest BCUT2D eigenvalue weighted by Crippen LogP contribution is -2.26. The van der Waals surface area contributed by atoms with Gasteiger partial charge in [-0.25, -0.2) is 5.48 Å². The lowest BCUT2D eigenvalue weighted by Gasteiger charge is -2.02. The predicted octanol–water partition coefficient (Wildman–Crippen LogP) is 4.87. The summed E-state index contributed by atoms with van der Waals surface area (Å²) in [6.45, 7) is 2.24. The van der Waals surface area contributed by atoms with E-state index in [1.807, 2.05) is 0 Å². The van der Waals surface area contributed by atoms with Gasteiger partial charge in [0.15, 0.2) is 0 Å². The molecule has 0 heterocycles. The van der Waals surface area contributed by atoms with Crippen LogP contribution in [-0.4, -0.2) is 18.9 Å². The van der Waals surface area contributed by atoms with Crippen molar-refractivity contribution in [3.63, 3.8) is 0 Å². The molecule has 0 spiro atoms. The number of allylic oxidation sites excluding steroid dienone is 2. The SMILES string of the molecule is CCCCCCCC/C=C\CCCCCCCC(=O)NOS(=O)(=O)O. The average Bonchev–Trinajstić information content (AvgIpc) is 2.56. The molecule has 6 nitrogen and oxygen atoms in total. The maximum absolute atomic E-state index is 11.2. The van der Waals surface area contributed by atoms with Crippen molar-refractivity contribution in [2.75, 3.05) is 0 Å². The standard InChI is InChI=1S/C18H35NO5S/c1-2-3-4-5-6-7-8-9-10-11-12-13-14-15-16-17-18(20)19-24-25(21,22)23/h9-10H,2-8,11-17H2,1H3,(H,19,20)(H,21,22,23)/b10-9-. The smallest absolute Gasteiger partial charge is 0.273 e. The molecule has 0 saturated heterocycles. The monoisotopic (exact) mass is 377 g/mol. The van der Waals surface area contributed by atoms with Crippen LogP contribution in [0.25, 0.3) is 0 Å². The first-order chi connectivity index (χ1) is 12.0. The van der Waals surface area contributed by atoms with E-state index in [1.54, 1.807) is 5.48 Å². The van der Waals surface area contributed by atoms with Crippen LogP contribution in [0.3, 0.4) is 0 Å². The summed E-state index contributed by atoms with van der Waals surface area (Å²) in [5.74, 6) is -0.546. The van der Waals surface area contributed by atoms with Gasteiger partial charge in [0.1, 0.15) is 0 Å². The molecule has 0 fully saturated rings. The first kappa shape index (κ1) is 24.1. The number of hydrogen-bond acceptors (Lipinski definition) is 4. The summed E-state index contributed by atoms with van der Waals surface area (Å²) in [6, 6.07) is 0. The molecule has 25 heavy (non-hydrogen) atoms. The van der Waals surface area contributed by atoms with Gasteiger partial charge in [0.2, 0.25) is 5.91 Å². The van der Waals surface area contributed by atoms with Gasteiger partial charge in [-0.05, 0) is 32.1 Å². The molecule has 0 atom stereocenters. The van der Waals surface area contributed by atoms with E-state index in [4.69, 9.17) is 4.55 Å². The average molecular weight is 378 g/mol. The molecule has 0 bridgehead atoms. The van der Waals surface area contributed by atoms with Crippen LogP contribution in [0.15, 0.2) is 12.2 Å². The molecule has 0 saturated carbocycles. The summed E-state index contributed by atoms with van der Waals surface area (Å²) >= 11 is 0. The summed E-state index contributed by atoms with van der Waals surface area (Å²) in [7, 11) is -4.62. The second-order valence-corrected chi connectivity index (χ2v) is 7.39. The second-order valence-electron chi connectivity index (χ2n) is 6.37. The molecule has 0 aromatic heterocycles. The van der Waals surface area contributed by atoms with Crippen LogP contribution in [0.5, 0.6) is 0 Å². The number of hydroxylamine groups is 1. The van der Waals surface area contributed by atoms with Crippen molar-refractivity contribution in [2.24, 2.45) is 0 Å². The maximum Gasteiger partial charge on any atom is 0.418 e. The summed E-state index contributed by atoms with van der Waals surface area (Å²) in [4.78, 5) is 11.2. The van der Waals surface area contributed by atoms with Crippen molar-refractivity contribution in [1.29, 1.82) is 0 Å². The first-order valence-corrected chi connectivity index (χ1v) is 10.9. The summed E-state index contributed by atoms with van der Waals surface area (Å²) < 4.78 is 32.6. The van der Waals surface area contributed by atoms with Crippen LogP contribution in [0, 0.1) is 0 Å². The molecular weight excluding hydrogens is 342 g/mol. The van der Waals surface area contributed by atoms with E-state index >= 15 is 0 Å². The fourth-order valence-electron chi connectivity index (χ4n) is 2.51. The largest absolute Gasteiger partial charge is 0.418 e. The Bertz CT molecular complexity index is 448. The molecule has 0 radical (unpaired) electrons. The highest BCUT2D eigenvalue weighted by atomic mass is 32.3. The van der Waals surface area contributed by atoms with Gasteiger partial charge in [-0.3, -0.25) is 9.35 Å². The van der Waals surface area contributed by atoms with Crippen LogP contribution in [-0.2, 0) is 19.5 Å². The Morgan fingerprint density at radius 3 is 1.88 bits per heavy atom. The molecule has 1 amide bonds. The number of carbonyl (C=O) groups is 1. The quantitative estimate of drug-likeness (QED) is 0.163. The van der Waals surface area contributed by atoms with Crippen molar-refractivity contribution in [3.8, 4) is 0 Å². The van der Waals surface area contributed by atoms with Gasteiger partial charge in [-0.2, -0.15) is 8.42 Å². The Morgan fingerprint density at radius 1 is 0.880 bits per heavy atom. The zero-order chi connectivity index (χ0) is 18.8. The number of rotatable bonds is 17. The van der Waals surface area contributed by atoms with Crippen molar-refractivity contribution in [2.45, 2.75) is 96.8 Å². The highest BCUT2D eigenvalue weighted by Crippen LogP contribution is 2.09. The second kappa shape index (κ2) is 16.5. The van der Waals surface area contributed by atoms with E-state index < -0.39 is 16.3 Å². The Balaban J connectivity index is 3.28. The topological polar surface area (TPSA) is 92.7 Å². The van der Waals surface area contributed by atoms with Crippen LogP contribution >= 0.6 is 0 Å². The van der Waals surface area contributed by atoms with E-state index in [0.717, 1.165) is 32.1 Å². The molecule has 0 aromatic carbocycles. The molecule has 7 heteroatoms. The molecular formula is C18H35NO5S. The minimum atomic E-state index is -4.62. The Kier molecular flexibility index (Phi) is 15.9. The van der Waals surface area contributed by atoms with E-state index in [0.29, 0.717) is 6.42 Å². The minimum absolute atomic E-state index is 0.188. The van der Waals surface area contributed by atoms with E-state index in [9.17, 15) is 13.2 Å². The first-order valence-electron chi connectivity index (χ1n) is 9.55. The van der Waals surface area contributed by atoms with Gasteiger partial charge in [0.05, 0.1) is 0 Å². The Labute approximate surface area is 153 Å². The minimum Gasteiger partial charge on any atom is -0.273 e. The van der Waals surface area contributed by atoms with Crippen molar-refractivity contribution >= 4 is 16.3 Å². The van der Waals surface area contributed by atoms with Crippen LogP contribution < -0.4 is 5.48 Å². The molecule has 2 N–H and O–H groups in total. The molecule has 148 valence electrons. The highest BCUT2D eigenvalue weighted by Gasteiger charge is 2.08. The van der Waals surface area contributed by atoms with Crippen molar-refractivity contribution in [3.05, 3.63) is 12.2 Å². The zero-order valence-corrected chi connectivity index (χ0v) is 16.4. The highest BCUT2D eigenvalue weighted by molar-refractivity contribution is 7.80. The lowest BCUT2D eigenvalue weighted by atomic mass is 10.1. The number of hydrogen-bond donors (Lipinski definition) is 2. The van der Waals surface area contributed by atoms with Gasteiger partial charge in [-0.15, -0.1) is 4.28 Å². The summed E-state index contributed by atoms with van der Waals surface area (Å²) in [5.41, 5.74) is 1.69. The van der Waals surface area contributed by atoms with E-state index in [1.165, 1.54) is 44.9 Å². The van der Waals surface area contributed by atoms with Crippen LogP contribution in [0.2, 0.25) is 0 Å². The van der Waals surface area contributed by atoms with Crippen molar-refractivity contribution < 1.29 is 22.0 Å². The molecule has 0 unspecified atom stereocenters. The van der Waals surface area contributed by atoms with Crippen LogP contribution in [0.4, 0.5) is 0 Å². The fraction of sp³-hybridized carbons (Fsp3) is 0.833. The van der Waals surface area contributed by atoms with E-state index in [-0.39, 0.29) is 6.42 Å². The molecule has 0 aliphatic rings. The molecule has 0 aromatic rings. The normalized spacial score (nSPS) is 11.9.